The van der Waals surface area contributed by atoms with Gasteiger partial charge in [-0.25, -0.2) is 0 Å². The van der Waals surface area contributed by atoms with Crippen LogP contribution in [-0.4, -0.2) is 22.8 Å². The van der Waals surface area contributed by atoms with Crippen molar-refractivity contribution in [2.45, 2.75) is 25.5 Å². The molecule has 96 valence electrons. The number of hydrogen-bond donors (Lipinski definition) is 0. The van der Waals surface area contributed by atoms with Gasteiger partial charge in [-0.05, 0) is 24.6 Å². The Hall–Kier alpha value is -1.00. The predicted molar refractivity (Wildman–Crippen MR) is 75.2 cm³/mol. The van der Waals surface area contributed by atoms with Crippen LogP contribution in [0.15, 0.2) is 18.2 Å². The van der Waals surface area contributed by atoms with E-state index in [4.69, 9.17) is 11.6 Å². The van der Waals surface area contributed by atoms with Crippen LogP contribution in [0.3, 0.4) is 0 Å². The molecule has 1 aromatic rings. The van der Waals surface area contributed by atoms with Gasteiger partial charge in [-0.15, -0.1) is 0 Å². The van der Waals surface area contributed by atoms with Crippen LogP contribution in [-0.2, 0) is 9.59 Å². The number of thioether (sulfide) groups is 1. The summed E-state index contributed by atoms with van der Waals surface area (Å²) in [5.41, 5.74) is 1.80. The van der Waals surface area contributed by atoms with E-state index in [1.54, 1.807) is 4.90 Å². The first kappa shape index (κ1) is 13.4. The third kappa shape index (κ3) is 2.87. The van der Waals surface area contributed by atoms with E-state index in [9.17, 15) is 9.59 Å². The lowest BCUT2D eigenvalue weighted by Crippen LogP contribution is -2.25. The molecule has 1 fully saturated rings. The van der Waals surface area contributed by atoms with Crippen molar-refractivity contribution in [3.63, 3.8) is 0 Å². The molecule has 1 atom stereocenters. The molecule has 2 rings (SSSR count). The van der Waals surface area contributed by atoms with E-state index < -0.39 is 0 Å². The quantitative estimate of drug-likeness (QED) is 0.837. The SMILES string of the molecule is CC(=O)SC1CC(=O)N(c2ccc(C)cc2Cl)C1. The molecule has 1 heterocycles. The van der Waals surface area contributed by atoms with E-state index in [0.29, 0.717) is 18.0 Å². The molecule has 0 N–H and O–H groups in total. The molecule has 1 aromatic carbocycles. The summed E-state index contributed by atoms with van der Waals surface area (Å²) in [6, 6.07) is 5.63. The average Bonchev–Trinajstić information content (AvgIpc) is 2.58. The standard InChI is InChI=1S/C13H14ClNO2S/c1-8-3-4-12(11(14)5-8)15-7-10(6-13(15)17)18-9(2)16/h3-5,10H,6-7H2,1-2H3. The van der Waals surface area contributed by atoms with Gasteiger partial charge in [0.2, 0.25) is 5.91 Å². The highest BCUT2D eigenvalue weighted by Crippen LogP contribution is 2.33. The van der Waals surface area contributed by atoms with Crippen molar-refractivity contribution in [1.29, 1.82) is 0 Å². The zero-order valence-corrected chi connectivity index (χ0v) is 11.8. The summed E-state index contributed by atoms with van der Waals surface area (Å²) >= 11 is 7.39. The average molecular weight is 284 g/mol. The summed E-state index contributed by atoms with van der Waals surface area (Å²) in [4.78, 5) is 24.7. The van der Waals surface area contributed by atoms with Crippen molar-refractivity contribution in [3.8, 4) is 0 Å². The second-order valence-corrected chi connectivity index (χ2v) is 6.28. The molecule has 18 heavy (non-hydrogen) atoms. The van der Waals surface area contributed by atoms with E-state index in [1.165, 1.54) is 18.7 Å². The van der Waals surface area contributed by atoms with Crippen LogP contribution in [0.4, 0.5) is 5.69 Å². The molecule has 1 amide bonds. The van der Waals surface area contributed by atoms with Gasteiger partial charge in [-0.2, -0.15) is 0 Å². The molecule has 5 heteroatoms. The minimum absolute atomic E-state index is 0.0273. The van der Waals surface area contributed by atoms with Gasteiger partial charge in [-0.3, -0.25) is 9.59 Å². The van der Waals surface area contributed by atoms with E-state index in [-0.39, 0.29) is 16.3 Å². The molecule has 3 nitrogen and oxygen atoms in total. The van der Waals surface area contributed by atoms with Crippen molar-refractivity contribution in [1.82, 2.24) is 0 Å². The molecular formula is C13H14ClNO2S. The fourth-order valence-electron chi connectivity index (χ4n) is 2.05. The second kappa shape index (κ2) is 5.33. The summed E-state index contributed by atoms with van der Waals surface area (Å²) in [7, 11) is 0. The van der Waals surface area contributed by atoms with E-state index >= 15 is 0 Å². The van der Waals surface area contributed by atoms with Crippen LogP contribution in [0.1, 0.15) is 18.9 Å². The Balaban J connectivity index is 2.19. The summed E-state index contributed by atoms with van der Waals surface area (Å²) in [6.07, 6.45) is 0.397. The normalized spacial score (nSPS) is 19.4. The molecule has 1 aliphatic rings. The number of carbonyl (C=O) groups is 2. The van der Waals surface area contributed by atoms with Crippen LogP contribution in [0, 0.1) is 6.92 Å². The number of anilines is 1. The third-order valence-electron chi connectivity index (χ3n) is 2.82. The Bertz CT molecular complexity index is 504. The minimum Gasteiger partial charge on any atom is -0.310 e. The van der Waals surface area contributed by atoms with Gasteiger partial charge >= 0.3 is 0 Å². The van der Waals surface area contributed by atoms with Crippen molar-refractivity contribution in [3.05, 3.63) is 28.8 Å². The fraction of sp³-hybridized carbons (Fsp3) is 0.385. The highest BCUT2D eigenvalue weighted by Gasteiger charge is 2.32. The largest absolute Gasteiger partial charge is 0.310 e. The Morgan fingerprint density at radius 1 is 1.50 bits per heavy atom. The molecular weight excluding hydrogens is 270 g/mol. The first-order valence-electron chi connectivity index (χ1n) is 5.71. The van der Waals surface area contributed by atoms with Crippen LogP contribution < -0.4 is 4.90 Å². The first-order valence-corrected chi connectivity index (χ1v) is 6.97. The van der Waals surface area contributed by atoms with Crippen LogP contribution in [0.5, 0.6) is 0 Å². The van der Waals surface area contributed by atoms with Crippen LogP contribution >= 0.6 is 23.4 Å². The van der Waals surface area contributed by atoms with E-state index in [1.807, 2.05) is 25.1 Å². The molecule has 0 radical (unpaired) electrons. The lowest BCUT2D eigenvalue weighted by Gasteiger charge is -2.18. The molecule has 0 saturated carbocycles. The van der Waals surface area contributed by atoms with E-state index in [0.717, 1.165) is 11.3 Å². The van der Waals surface area contributed by atoms with Gasteiger partial charge in [-0.1, -0.05) is 29.4 Å². The molecule has 0 spiro atoms. The summed E-state index contributed by atoms with van der Waals surface area (Å²) < 4.78 is 0. The highest BCUT2D eigenvalue weighted by atomic mass is 35.5. The molecule has 1 aliphatic heterocycles. The maximum atomic E-state index is 11.9. The highest BCUT2D eigenvalue weighted by molar-refractivity contribution is 8.14. The number of rotatable bonds is 2. The van der Waals surface area contributed by atoms with Gasteiger partial charge in [0.25, 0.3) is 0 Å². The third-order valence-corrected chi connectivity index (χ3v) is 4.10. The van der Waals surface area contributed by atoms with Crippen LogP contribution in [0.2, 0.25) is 5.02 Å². The number of amides is 1. The van der Waals surface area contributed by atoms with Gasteiger partial charge in [0, 0.05) is 25.1 Å². The molecule has 1 saturated heterocycles. The van der Waals surface area contributed by atoms with Crippen molar-refractivity contribution in [2.24, 2.45) is 0 Å². The summed E-state index contributed by atoms with van der Waals surface area (Å²) in [5.74, 6) is 0.0273. The number of carbonyl (C=O) groups excluding carboxylic acids is 2. The van der Waals surface area contributed by atoms with Crippen molar-refractivity contribution >= 4 is 40.1 Å². The van der Waals surface area contributed by atoms with Gasteiger partial charge in [0.1, 0.15) is 0 Å². The monoisotopic (exact) mass is 283 g/mol. The van der Waals surface area contributed by atoms with Gasteiger partial charge in [0.15, 0.2) is 5.12 Å². The Morgan fingerprint density at radius 2 is 2.22 bits per heavy atom. The lowest BCUT2D eigenvalue weighted by atomic mass is 10.2. The number of aryl methyl sites for hydroxylation is 1. The first-order chi connectivity index (χ1) is 8.47. The fourth-order valence-corrected chi connectivity index (χ4v) is 3.31. The van der Waals surface area contributed by atoms with Gasteiger partial charge < -0.3 is 4.90 Å². The van der Waals surface area contributed by atoms with Gasteiger partial charge in [0.05, 0.1) is 10.7 Å². The smallest absolute Gasteiger partial charge is 0.228 e. The lowest BCUT2D eigenvalue weighted by molar-refractivity contribution is -0.117. The Kier molecular flexibility index (Phi) is 3.97. The van der Waals surface area contributed by atoms with Crippen LogP contribution in [0.25, 0.3) is 0 Å². The molecule has 0 bridgehead atoms. The topological polar surface area (TPSA) is 37.4 Å². The Labute approximate surface area is 115 Å². The molecule has 0 aliphatic carbocycles. The zero-order valence-electron chi connectivity index (χ0n) is 10.3. The van der Waals surface area contributed by atoms with Crippen molar-refractivity contribution < 1.29 is 9.59 Å². The zero-order chi connectivity index (χ0) is 13.3. The molecule has 0 aromatic heterocycles. The second-order valence-electron chi connectivity index (χ2n) is 4.39. The Morgan fingerprint density at radius 3 is 2.83 bits per heavy atom. The van der Waals surface area contributed by atoms with E-state index in [2.05, 4.69) is 0 Å². The summed E-state index contributed by atoms with van der Waals surface area (Å²) in [5, 5.41) is 0.661. The minimum atomic E-state index is 0.0273. The number of hydrogen-bond acceptors (Lipinski definition) is 3. The number of halogens is 1. The number of nitrogens with zero attached hydrogens (tertiary/aromatic N) is 1. The maximum absolute atomic E-state index is 11.9. The maximum Gasteiger partial charge on any atom is 0.228 e. The van der Waals surface area contributed by atoms with Crippen molar-refractivity contribution in [2.75, 3.05) is 11.4 Å². The summed E-state index contributed by atoms with van der Waals surface area (Å²) in [6.45, 7) is 4.03. The molecule has 1 unspecified atom stereocenters. The number of benzene rings is 1. The predicted octanol–water partition coefficient (Wildman–Crippen LogP) is 3.03.